The summed E-state index contributed by atoms with van der Waals surface area (Å²) in [5.41, 5.74) is 0.869. The average molecular weight is 342 g/mol. The third kappa shape index (κ3) is 4.00. The first kappa shape index (κ1) is 16.8. The number of aryl methyl sites for hydroxylation is 1. The Labute approximate surface area is 139 Å². The summed E-state index contributed by atoms with van der Waals surface area (Å²) >= 11 is 12.2. The summed E-state index contributed by atoms with van der Waals surface area (Å²) < 4.78 is 4.92. The van der Waals surface area contributed by atoms with Crippen LogP contribution in [0, 0.1) is 6.92 Å². The maximum atomic E-state index is 12.2. The second-order valence-electron chi connectivity index (χ2n) is 5.12. The maximum absolute atomic E-state index is 12.2. The Bertz CT molecular complexity index is 673. The van der Waals surface area contributed by atoms with E-state index >= 15 is 0 Å². The van der Waals surface area contributed by atoms with Gasteiger partial charge in [-0.2, -0.15) is 0 Å². The molecule has 0 unspecified atom stereocenters. The molecule has 2 aromatic rings. The van der Waals surface area contributed by atoms with Crippen LogP contribution in [0.3, 0.4) is 0 Å². The topological polar surface area (TPSA) is 58.4 Å². The van der Waals surface area contributed by atoms with Crippen molar-refractivity contribution in [3.8, 4) is 0 Å². The van der Waals surface area contributed by atoms with Crippen LogP contribution in [0.4, 0.5) is 5.82 Å². The molecule has 1 aromatic carbocycles. The molecule has 1 heterocycles. The molecule has 0 aliphatic carbocycles. The lowest BCUT2D eigenvalue weighted by Gasteiger charge is -2.24. The lowest BCUT2D eigenvalue weighted by atomic mass is 10.2. The van der Waals surface area contributed by atoms with Gasteiger partial charge in [0.05, 0.1) is 16.1 Å². The highest BCUT2D eigenvalue weighted by molar-refractivity contribution is 6.42. The van der Waals surface area contributed by atoms with E-state index in [9.17, 15) is 4.79 Å². The molecule has 0 saturated heterocycles. The third-order valence-corrected chi connectivity index (χ3v) is 4.23. The number of hydrogen-bond donors (Lipinski definition) is 1. The van der Waals surface area contributed by atoms with E-state index in [1.807, 2.05) is 24.1 Å². The van der Waals surface area contributed by atoms with Gasteiger partial charge >= 0.3 is 0 Å². The number of rotatable bonds is 5. The Balaban J connectivity index is 2.00. The Hall–Kier alpha value is -1.56. The minimum atomic E-state index is -0.368. The molecule has 0 saturated carbocycles. The Morgan fingerprint density at radius 2 is 2.18 bits per heavy atom. The molecular weight excluding hydrogens is 325 g/mol. The first-order valence-electron chi connectivity index (χ1n) is 6.75. The van der Waals surface area contributed by atoms with Crippen molar-refractivity contribution in [1.29, 1.82) is 0 Å². The van der Waals surface area contributed by atoms with Crippen LogP contribution in [-0.2, 0) is 11.3 Å². The van der Waals surface area contributed by atoms with Crippen LogP contribution >= 0.6 is 23.2 Å². The Morgan fingerprint density at radius 3 is 2.82 bits per heavy atom. The summed E-state index contributed by atoms with van der Waals surface area (Å²) in [6.07, 6.45) is 0. The van der Waals surface area contributed by atoms with Crippen LogP contribution < -0.4 is 5.32 Å². The standard InChI is InChI=1S/C15H17Cl2N3O2/c1-9-7-13(19-22-9)18-15(21)10(2)20(3)8-11-5-4-6-12(16)14(11)17/h4-7,10H,8H2,1-3H3,(H,18,19,21)/t10-/m0/s1. The molecule has 0 spiro atoms. The van der Waals surface area contributed by atoms with Crippen molar-refractivity contribution in [3.05, 3.63) is 45.6 Å². The van der Waals surface area contributed by atoms with Crippen LogP contribution in [0.25, 0.3) is 0 Å². The summed E-state index contributed by atoms with van der Waals surface area (Å²) in [7, 11) is 1.84. The summed E-state index contributed by atoms with van der Waals surface area (Å²) in [6.45, 7) is 4.08. The molecule has 0 aliphatic heterocycles. The number of likely N-dealkylation sites (N-methyl/N-ethyl adjacent to an activating group) is 1. The van der Waals surface area contributed by atoms with Crippen molar-refractivity contribution >= 4 is 34.9 Å². The molecule has 0 radical (unpaired) electrons. The summed E-state index contributed by atoms with van der Waals surface area (Å²) in [4.78, 5) is 14.1. The van der Waals surface area contributed by atoms with Crippen LogP contribution in [0.2, 0.25) is 10.0 Å². The van der Waals surface area contributed by atoms with E-state index in [1.54, 1.807) is 26.0 Å². The first-order chi connectivity index (χ1) is 10.4. The number of halogens is 2. The van der Waals surface area contributed by atoms with E-state index in [0.29, 0.717) is 28.2 Å². The molecule has 0 fully saturated rings. The van der Waals surface area contributed by atoms with Gasteiger partial charge in [0.2, 0.25) is 5.91 Å². The highest BCUT2D eigenvalue weighted by Gasteiger charge is 2.20. The normalized spacial score (nSPS) is 12.5. The fraction of sp³-hybridized carbons (Fsp3) is 0.333. The van der Waals surface area contributed by atoms with Gasteiger partial charge in [0, 0.05) is 12.6 Å². The second-order valence-corrected chi connectivity index (χ2v) is 5.90. The molecular formula is C15H17Cl2N3O2. The molecule has 1 atom stereocenters. The molecule has 2 rings (SSSR count). The van der Waals surface area contributed by atoms with Crippen molar-refractivity contribution < 1.29 is 9.32 Å². The van der Waals surface area contributed by atoms with Gasteiger partial charge in [-0.25, -0.2) is 0 Å². The van der Waals surface area contributed by atoms with Crippen molar-refractivity contribution in [2.45, 2.75) is 26.4 Å². The molecule has 7 heteroatoms. The van der Waals surface area contributed by atoms with E-state index in [4.69, 9.17) is 27.7 Å². The number of benzene rings is 1. The zero-order chi connectivity index (χ0) is 16.3. The Morgan fingerprint density at radius 1 is 1.45 bits per heavy atom. The van der Waals surface area contributed by atoms with E-state index < -0.39 is 0 Å². The summed E-state index contributed by atoms with van der Waals surface area (Å²) in [5.74, 6) is 0.875. The van der Waals surface area contributed by atoms with Gasteiger partial charge < -0.3 is 9.84 Å². The average Bonchev–Trinajstić information content (AvgIpc) is 2.88. The van der Waals surface area contributed by atoms with Crippen molar-refractivity contribution in [1.82, 2.24) is 10.1 Å². The lowest BCUT2D eigenvalue weighted by Crippen LogP contribution is -2.39. The number of hydrogen-bond acceptors (Lipinski definition) is 4. The predicted octanol–water partition coefficient (Wildman–Crippen LogP) is 3.75. The Kier molecular flexibility index (Phi) is 5.45. The fourth-order valence-corrected chi connectivity index (χ4v) is 2.31. The van der Waals surface area contributed by atoms with Gasteiger partial charge in [-0.15, -0.1) is 0 Å². The molecule has 22 heavy (non-hydrogen) atoms. The zero-order valence-electron chi connectivity index (χ0n) is 12.6. The van der Waals surface area contributed by atoms with Crippen LogP contribution in [0.15, 0.2) is 28.8 Å². The van der Waals surface area contributed by atoms with E-state index in [2.05, 4.69) is 10.5 Å². The van der Waals surface area contributed by atoms with Crippen molar-refractivity contribution in [3.63, 3.8) is 0 Å². The minimum Gasteiger partial charge on any atom is -0.360 e. The molecule has 1 N–H and O–H groups in total. The van der Waals surface area contributed by atoms with Crippen LogP contribution in [-0.4, -0.2) is 29.1 Å². The molecule has 1 aromatic heterocycles. The maximum Gasteiger partial charge on any atom is 0.242 e. The number of carbonyl (C=O) groups is 1. The number of nitrogens with one attached hydrogen (secondary N) is 1. The predicted molar refractivity (Wildman–Crippen MR) is 87.3 cm³/mol. The molecule has 118 valence electrons. The van der Waals surface area contributed by atoms with Gasteiger partial charge in [-0.05, 0) is 32.5 Å². The second kappa shape index (κ2) is 7.13. The van der Waals surface area contributed by atoms with Crippen molar-refractivity contribution in [2.75, 3.05) is 12.4 Å². The van der Waals surface area contributed by atoms with E-state index in [1.165, 1.54) is 0 Å². The lowest BCUT2D eigenvalue weighted by molar-refractivity contribution is -0.120. The summed E-state index contributed by atoms with van der Waals surface area (Å²) in [6, 6.07) is 6.75. The largest absolute Gasteiger partial charge is 0.360 e. The SMILES string of the molecule is Cc1cc(NC(=O)[C@H](C)N(C)Cc2cccc(Cl)c2Cl)no1. The molecule has 5 nitrogen and oxygen atoms in total. The number of aromatic nitrogens is 1. The first-order valence-corrected chi connectivity index (χ1v) is 7.51. The van der Waals surface area contributed by atoms with Crippen LogP contribution in [0.5, 0.6) is 0 Å². The smallest absolute Gasteiger partial charge is 0.242 e. The highest BCUT2D eigenvalue weighted by atomic mass is 35.5. The molecule has 0 aliphatic rings. The number of carbonyl (C=O) groups excluding carboxylic acids is 1. The van der Waals surface area contributed by atoms with Gasteiger partial charge in [-0.1, -0.05) is 40.5 Å². The van der Waals surface area contributed by atoms with Gasteiger partial charge in [-0.3, -0.25) is 9.69 Å². The number of nitrogens with zero attached hydrogens (tertiary/aromatic N) is 2. The van der Waals surface area contributed by atoms with E-state index in [0.717, 1.165) is 5.56 Å². The van der Waals surface area contributed by atoms with Crippen molar-refractivity contribution in [2.24, 2.45) is 0 Å². The van der Waals surface area contributed by atoms with Gasteiger partial charge in [0.15, 0.2) is 5.82 Å². The zero-order valence-corrected chi connectivity index (χ0v) is 14.1. The molecule has 1 amide bonds. The monoisotopic (exact) mass is 341 g/mol. The van der Waals surface area contributed by atoms with Gasteiger partial charge in [0.25, 0.3) is 0 Å². The fourth-order valence-electron chi connectivity index (χ4n) is 1.93. The summed E-state index contributed by atoms with van der Waals surface area (Å²) in [5, 5.41) is 7.47. The van der Waals surface area contributed by atoms with E-state index in [-0.39, 0.29) is 11.9 Å². The minimum absolute atomic E-state index is 0.172. The number of anilines is 1. The third-order valence-electron chi connectivity index (χ3n) is 3.37. The van der Waals surface area contributed by atoms with Crippen LogP contribution in [0.1, 0.15) is 18.2 Å². The quantitative estimate of drug-likeness (QED) is 0.899. The highest BCUT2D eigenvalue weighted by Crippen LogP contribution is 2.26. The van der Waals surface area contributed by atoms with Gasteiger partial charge in [0.1, 0.15) is 5.76 Å². The number of amides is 1. The molecule has 0 bridgehead atoms.